The molecular weight excluding hydrogens is 315 g/mol. The summed E-state index contributed by atoms with van der Waals surface area (Å²) in [5.41, 5.74) is -1.33. The average molecular weight is 336 g/mol. The molecule has 0 heterocycles. The van der Waals surface area contributed by atoms with Crippen LogP contribution >= 0.6 is 0 Å². The number of carbonyl (C=O) groups is 3. The molecule has 0 spiro atoms. The zero-order valence-electron chi connectivity index (χ0n) is 14.0. The van der Waals surface area contributed by atoms with Gasteiger partial charge in [0.15, 0.2) is 5.41 Å². The van der Waals surface area contributed by atoms with E-state index in [1.807, 2.05) is 0 Å². The third-order valence-corrected chi connectivity index (χ3v) is 4.49. The van der Waals surface area contributed by atoms with Crippen LogP contribution in [0.5, 0.6) is 0 Å². The second kappa shape index (κ2) is 7.11. The van der Waals surface area contributed by atoms with Crippen LogP contribution in [0.3, 0.4) is 0 Å². The van der Waals surface area contributed by atoms with Gasteiger partial charge in [0.1, 0.15) is 11.6 Å². The number of esters is 2. The van der Waals surface area contributed by atoms with Crippen LogP contribution < -0.4 is 0 Å². The molecule has 6 heteroatoms. The summed E-state index contributed by atoms with van der Waals surface area (Å²) in [4.78, 5) is 38.1. The highest BCUT2D eigenvalue weighted by atomic mass is 19.1. The number of Topliss-reactive ketones (excluding diaryl/α,β-unsaturated/α-hetero) is 1. The summed E-state index contributed by atoms with van der Waals surface area (Å²) >= 11 is 0. The number of carbonyl (C=O) groups excluding carboxylic acids is 3. The van der Waals surface area contributed by atoms with Crippen LogP contribution in [0.4, 0.5) is 4.39 Å². The van der Waals surface area contributed by atoms with Gasteiger partial charge in [-0.2, -0.15) is 0 Å². The first-order valence-corrected chi connectivity index (χ1v) is 8.02. The zero-order valence-corrected chi connectivity index (χ0v) is 14.0. The van der Waals surface area contributed by atoms with E-state index in [2.05, 4.69) is 0 Å². The third-order valence-electron chi connectivity index (χ3n) is 4.49. The normalized spacial score (nSPS) is 22.2. The lowest BCUT2D eigenvalue weighted by atomic mass is 9.69. The van der Waals surface area contributed by atoms with Gasteiger partial charge >= 0.3 is 11.9 Å². The largest absolute Gasteiger partial charge is 0.465 e. The van der Waals surface area contributed by atoms with Crippen LogP contribution in [0.2, 0.25) is 0 Å². The number of ketones is 1. The Balaban J connectivity index is 2.62. The van der Waals surface area contributed by atoms with Gasteiger partial charge in [0.25, 0.3) is 0 Å². The maximum Gasteiger partial charge on any atom is 0.324 e. The highest BCUT2D eigenvalue weighted by Gasteiger charge is 2.65. The number of hydrogen-bond donors (Lipinski definition) is 0. The zero-order chi connectivity index (χ0) is 17.9. The van der Waals surface area contributed by atoms with Crippen LogP contribution in [0.15, 0.2) is 24.3 Å². The van der Waals surface area contributed by atoms with Gasteiger partial charge in [0, 0.05) is 6.42 Å². The molecule has 1 saturated carbocycles. The van der Waals surface area contributed by atoms with Crippen molar-refractivity contribution in [3.05, 3.63) is 35.6 Å². The van der Waals surface area contributed by atoms with E-state index in [1.54, 1.807) is 20.8 Å². The molecule has 130 valence electrons. The summed E-state index contributed by atoms with van der Waals surface area (Å²) in [7, 11) is 0. The fourth-order valence-electron chi connectivity index (χ4n) is 3.45. The van der Waals surface area contributed by atoms with Gasteiger partial charge < -0.3 is 9.47 Å². The van der Waals surface area contributed by atoms with Gasteiger partial charge in [0.2, 0.25) is 0 Å². The van der Waals surface area contributed by atoms with Crippen molar-refractivity contribution < 1.29 is 28.2 Å². The molecule has 0 saturated heterocycles. The molecule has 0 N–H and O–H groups in total. The summed E-state index contributed by atoms with van der Waals surface area (Å²) < 4.78 is 23.5. The van der Waals surface area contributed by atoms with Crippen molar-refractivity contribution in [3.8, 4) is 0 Å². The maximum absolute atomic E-state index is 13.2. The highest BCUT2D eigenvalue weighted by molar-refractivity contribution is 6.10. The van der Waals surface area contributed by atoms with Gasteiger partial charge in [-0.05, 0) is 37.5 Å². The van der Waals surface area contributed by atoms with E-state index in [9.17, 15) is 18.8 Å². The smallest absolute Gasteiger partial charge is 0.324 e. The molecule has 1 aromatic rings. The first-order chi connectivity index (χ1) is 11.4. The minimum Gasteiger partial charge on any atom is -0.465 e. The van der Waals surface area contributed by atoms with Gasteiger partial charge in [-0.25, -0.2) is 4.39 Å². The van der Waals surface area contributed by atoms with Crippen molar-refractivity contribution in [2.45, 2.75) is 33.1 Å². The quantitative estimate of drug-likeness (QED) is 0.611. The number of benzene rings is 1. The number of hydrogen-bond acceptors (Lipinski definition) is 5. The van der Waals surface area contributed by atoms with Crippen molar-refractivity contribution in [1.82, 2.24) is 0 Å². The van der Waals surface area contributed by atoms with Gasteiger partial charge in [-0.3, -0.25) is 14.4 Å². The molecule has 0 aromatic heterocycles. The molecule has 1 aliphatic rings. The Hall–Kier alpha value is -2.24. The van der Waals surface area contributed by atoms with Crippen LogP contribution in [0.1, 0.15) is 38.7 Å². The van der Waals surface area contributed by atoms with Crippen LogP contribution in [0, 0.1) is 17.2 Å². The van der Waals surface area contributed by atoms with E-state index in [1.165, 1.54) is 24.3 Å². The molecule has 5 nitrogen and oxygen atoms in total. The molecule has 0 aliphatic heterocycles. The fraction of sp³-hybridized carbons (Fsp3) is 0.500. The van der Waals surface area contributed by atoms with Gasteiger partial charge in [-0.1, -0.05) is 19.1 Å². The Morgan fingerprint density at radius 2 is 1.62 bits per heavy atom. The van der Waals surface area contributed by atoms with E-state index in [0.29, 0.717) is 5.56 Å². The minimum atomic E-state index is -1.74. The molecule has 0 radical (unpaired) electrons. The second-order valence-corrected chi connectivity index (χ2v) is 5.87. The standard InChI is InChI=1S/C18H21FO5/c1-4-23-16(21)18(17(22)24-5-2)11(3)10-14(20)15(18)12-6-8-13(19)9-7-12/h6-9,11,15H,4-5,10H2,1-3H3. The van der Waals surface area contributed by atoms with E-state index < -0.39 is 35.0 Å². The molecule has 2 atom stereocenters. The number of rotatable bonds is 5. The predicted octanol–water partition coefficient (Wildman–Crippen LogP) is 2.63. The Kier molecular flexibility index (Phi) is 5.36. The predicted molar refractivity (Wildman–Crippen MR) is 83.6 cm³/mol. The molecule has 2 rings (SSSR count). The molecule has 2 unspecified atom stereocenters. The van der Waals surface area contributed by atoms with E-state index in [4.69, 9.17) is 9.47 Å². The Morgan fingerprint density at radius 3 is 2.08 bits per heavy atom. The fourth-order valence-corrected chi connectivity index (χ4v) is 3.45. The van der Waals surface area contributed by atoms with Crippen LogP contribution in [0.25, 0.3) is 0 Å². The summed E-state index contributed by atoms with van der Waals surface area (Å²) in [5, 5.41) is 0. The average Bonchev–Trinajstić information content (AvgIpc) is 2.80. The molecule has 24 heavy (non-hydrogen) atoms. The lowest BCUT2D eigenvalue weighted by Gasteiger charge is -2.33. The number of ether oxygens (including phenoxy) is 2. The van der Waals surface area contributed by atoms with Crippen molar-refractivity contribution >= 4 is 17.7 Å². The Bertz CT molecular complexity index is 619. The summed E-state index contributed by atoms with van der Waals surface area (Å²) in [6.07, 6.45) is 0.0552. The first-order valence-electron chi connectivity index (χ1n) is 8.02. The lowest BCUT2D eigenvalue weighted by Crippen LogP contribution is -2.48. The summed E-state index contributed by atoms with van der Waals surface area (Å²) in [5.74, 6) is -3.86. The second-order valence-electron chi connectivity index (χ2n) is 5.87. The van der Waals surface area contributed by atoms with Crippen LogP contribution in [-0.2, 0) is 23.9 Å². The van der Waals surface area contributed by atoms with Crippen molar-refractivity contribution in [2.24, 2.45) is 11.3 Å². The molecular formula is C18H21FO5. The molecule has 0 bridgehead atoms. The molecule has 1 aliphatic carbocycles. The SMILES string of the molecule is CCOC(=O)C1(C(=O)OCC)C(C)CC(=O)C1c1ccc(F)cc1. The van der Waals surface area contributed by atoms with Crippen LogP contribution in [-0.4, -0.2) is 30.9 Å². The third kappa shape index (κ3) is 2.81. The van der Waals surface area contributed by atoms with E-state index in [-0.39, 0.29) is 25.4 Å². The first kappa shape index (κ1) is 18.1. The molecule has 1 aromatic carbocycles. The molecule has 0 amide bonds. The summed E-state index contributed by atoms with van der Waals surface area (Å²) in [6, 6.07) is 5.24. The number of halogens is 1. The van der Waals surface area contributed by atoms with Crippen molar-refractivity contribution in [2.75, 3.05) is 13.2 Å². The van der Waals surface area contributed by atoms with Gasteiger partial charge in [-0.15, -0.1) is 0 Å². The summed E-state index contributed by atoms with van der Waals surface area (Å²) in [6.45, 7) is 5.08. The van der Waals surface area contributed by atoms with E-state index >= 15 is 0 Å². The van der Waals surface area contributed by atoms with Crippen molar-refractivity contribution in [3.63, 3.8) is 0 Å². The van der Waals surface area contributed by atoms with Crippen molar-refractivity contribution in [1.29, 1.82) is 0 Å². The minimum absolute atomic E-state index is 0.0552. The topological polar surface area (TPSA) is 69.7 Å². The van der Waals surface area contributed by atoms with Gasteiger partial charge in [0.05, 0.1) is 19.1 Å². The maximum atomic E-state index is 13.2. The Morgan fingerprint density at radius 1 is 1.12 bits per heavy atom. The molecule has 1 fully saturated rings. The lowest BCUT2D eigenvalue weighted by molar-refractivity contribution is -0.176. The monoisotopic (exact) mass is 336 g/mol. The highest BCUT2D eigenvalue weighted by Crippen LogP contribution is 2.52. The van der Waals surface area contributed by atoms with E-state index in [0.717, 1.165) is 0 Å². The Labute approximate surface area is 140 Å².